The number of thiazole rings is 1. The van der Waals surface area contributed by atoms with E-state index in [4.69, 9.17) is 5.11 Å². The maximum absolute atomic E-state index is 12.6. The van der Waals surface area contributed by atoms with E-state index < -0.39 is 16.1 Å². The summed E-state index contributed by atoms with van der Waals surface area (Å²) >= 11 is 1.52. The Morgan fingerprint density at radius 2 is 2.00 bits per heavy atom. The van der Waals surface area contributed by atoms with Crippen LogP contribution in [-0.4, -0.2) is 42.5 Å². The van der Waals surface area contributed by atoms with Crippen molar-refractivity contribution in [1.82, 2.24) is 9.29 Å². The van der Waals surface area contributed by atoms with Gasteiger partial charge in [-0.05, 0) is 25.1 Å². The lowest BCUT2D eigenvalue weighted by Crippen LogP contribution is -2.37. The lowest BCUT2D eigenvalue weighted by molar-refractivity contribution is 0.214. The van der Waals surface area contributed by atoms with E-state index >= 15 is 0 Å². The van der Waals surface area contributed by atoms with Gasteiger partial charge in [0, 0.05) is 18.5 Å². The van der Waals surface area contributed by atoms with E-state index in [-0.39, 0.29) is 16.9 Å². The van der Waals surface area contributed by atoms with Crippen molar-refractivity contribution in [3.63, 3.8) is 0 Å². The van der Waals surface area contributed by atoms with Crippen LogP contribution in [0.3, 0.4) is 0 Å². The lowest BCUT2D eigenvalue weighted by Gasteiger charge is -2.22. The van der Waals surface area contributed by atoms with Gasteiger partial charge in [-0.3, -0.25) is 0 Å². The number of benzene rings is 1. The summed E-state index contributed by atoms with van der Waals surface area (Å²) in [6.07, 6.45) is 0. The number of rotatable bonds is 4. The van der Waals surface area contributed by atoms with Gasteiger partial charge in [0.05, 0.1) is 26.7 Å². The molecule has 7 heteroatoms. The van der Waals surface area contributed by atoms with Crippen LogP contribution in [0.4, 0.5) is 0 Å². The number of aliphatic hydroxyl groups excluding tert-OH is 1. The fourth-order valence-electron chi connectivity index (χ4n) is 1.90. The quantitative estimate of drug-likeness (QED) is 0.927. The highest BCUT2D eigenvalue weighted by Crippen LogP contribution is 2.32. The summed E-state index contributed by atoms with van der Waals surface area (Å²) < 4.78 is 27.2. The number of fused-ring (bicyclic) bond motifs is 1. The summed E-state index contributed by atoms with van der Waals surface area (Å²) in [5.41, 5.74) is 0.747. The molecule has 0 aliphatic carbocycles. The molecule has 0 aliphatic heterocycles. The van der Waals surface area contributed by atoms with Crippen molar-refractivity contribution in [3.05, 3.63) is 23.2 Å². The van der Waals surface area contributed by atoms with Crippen LogP contribution in [-0.2, 0) is 15.4 Å². The number of aromatic nitrogens is 1. The molecule has 122 valence electrons. The largest absolute Gasteiger partial charge is 0.395 e. The second kappa shape index (κ2) is 5.88. The van der Waals surface area contributed by atoms with Gasteiger partial charge in [0.2, 0.25) is 10.0 Å². The van der Waals surface area contributed by atoms with Crippen molar-refractivity contribution in [3.8, 4) is 0 Å². The highest BCUT2D eigenvalue weighted by atomic mass is 32.2. The Kier molecular flexibility index (Phi) is 4.64. The molecular weight excluding hydrogens is 320 g/mol. The molecule has 2 aromatic rings. The molecule has 2 rings (SSSR count). The van der Waals surface area contributed by atoms with Crippen LogP contribution < -0.4 is 0 Å². The Bertz CT molecular complexity index is 776. The van der Waals surface area contributed by atoms with Crippen LogP contribution >= 0.6 is 11.3 Å². The molecule has 1 atom stereocenters. The average Bonchev–Trinajstić information content (AvgIpc) is 2.88. The summed E-state index contributed by atoms with van der Waals surface area (Å²) in [6, 6.07) is 4.51. The van der Waals surface area contributed by atoms with Gasteiger partial charge in [-0.2, -0.15) is 4.31 Å². The van der Waals surface area contributed by atoms with E-state index in [0.29, 0.717) is 0 Å². The normalized spacial score (nSPS) is 14.7. The van der Waals surface area contributed by atoms with Crippen molar-refractivity contribution in [2.24, 2.45) is 0 Å². The number of likely N-dealkylation sites (N-methyl/N-ethyl adjacent to an activating group) is 1. The second-order valence-electron chi connectivity index (χ2n) is 6.45. The van der Waals surface area contributed by atoms with Gasteiger partial charge in [-0.1, -0.05) is 20.8 Å². The zero-order valence-electron chi connectivity index (χ0n) is 13.5. The van der Waals surface area contributed by atoms with Crippen LogP contribution in [0, 0.1) is 0 Å². The van der Waals surface area contributed by atoms with E-state index in [0.717, 1.165) is 15.2 Å². The number of nitrogens with zero attached hydrogens (tertiary/aromatic N) is 2. The third-order valence-corrected chi connectivity index (χ3v) is 6.98. The van der Waals surface area contributed by atoms with E-state index in [1.54, 1.807) is 25.1 Å². The number of aliphatic hydroxyl groups is 1. The van der Waals surface area contributed by atoms with Crippen molar-refractivity contribution >= 4 is 31.6 Å². The average molecular weight is 342 g/mol. The van der Waals surface area contributed by atoms with E-state index in [1.807, 2.05) is 0 Å². The minimum atomic E-state index is -3.62. The summed E-state index contributed by atoms with van der Waals surface area (Å²) in [5, 5.41) is 10.1. The first-order valence-corrected chi connectivity index (χ1v) is 9.33. The summed E-state index contributed by atoms with van der Waals surface area (Å²) in [4.78, 5) is 4.80. The monoisotopic (exact) mass is 342 g/mol. The van der Waals surface area contributed by atoms with Gasteiger partial charge < -0.3 is 5.11 Å². The summed E-state index contributed by atoms with van der Waals surface area (Å²) in [5.74, 6) is 0. The van der Waals surface area contributed by atoms with Crippen LogP contribution in [0.25, 0.3) is 10.2 Å². The molecule has 5 nitrogen and oxygen atoms in total. The van der Waals surface area contributed by atoms with Crippen LogP contribution in [0.1, 0.15) is 32.7 Å². The molecule has 0 radical (unpaired) electrons. The molecule has 1 aromatic heterocycles. The Balaban J connectivity index is 2.49. The maximum atomic E-state index is 12.6. The van der Waals surface area contributed by atoms with Gasteiger partial charge in [0.1, 0.15) is 0 Å². The van der Waals surface area contributed by atoms with Crippen LogP contribution in [0.5, 0.6) is 0 Å². The molecule has 0 bridgehead atoms. The first-order chi connectivity index (χ1) is 10.1. The fourth-order valence-corrected chi connectivity index (χ4v) is 4.42. The SMILES string of the molecule is CC(CO)N(C)S(=O)(=O)c1ccc2nc(C(C)(C)C)sc2c1. The second-order valence-corrected chi connectivity index (χ2v) is 9.48. The molecule has 1 N–H and O–H groups in total. The van der Waals surface area contributed by atoms with Crippen molar-refractivity contribution < 1.29 is 13.5 Å². The Morgan fingerprint density at radius 3 is 2.55 bits per heavy atom. The molecule has 22 heavy (non-hydrogen) atoms. The lowest BCUT2D eigenvalue weighted by atomic mass is 9.98. The molecule has 0 fully saturated rings. The van der Waals surface area contributed by atoms with Crippen molar-refractivity contribution in [1.29, 1.82) is 0 Å². The Morgan fingerprint density at radius 1 is 1.36 bits per heavy atom. The molecule has 0 saturated heterocycles. The summed E-state index contributed by atoms with van der Waals surface area (Å²) in [7, 11) is -2.14. The zero-order chi connectivity index (χ0) is 16.7. The fraction of sp³-hybridized carbons (Fsp3) is 0.533. The molecule has 0 amide bonds. The topological polar surface area (TPSA) is 70.5 Å². The zero-order valence-corrected chi connectivity index (χ0v) is 15.1. The third-order valence-electron chi connectivity index (χ3n) is 3.56. The van der Waals surface area contributed by atoms with Gasteiger partial charge in [-0.25, -0.2) is 13.4 Å². The molecule has 0 spiro atoms. The molecule has 0 aliphatic rings. The predicted octanol–water partition coefficient (Wildman–Crippen LogP) is 2.60. The van der Waals surface area contributed by atoms with E-state index in [2.05, 4.69) is 25.8 Å². The van der Waals surface area contributed by atoms with Crippen molar-refractivity contribution in [2.45, 2.75) is 44.0 Å². The van der Waals surface area contributed by atoms with Gasteiger partial charge in [-0.15, -0.1) is 11.3 Å². The first-order valence-electron chi connectivity index (χ1n) is 7.07. The molecular formula is C15H22N2O3S2. The molecule has 1 heterocycles. The van der Waals surface area contributed by atoms with Crippen LogP contribution in [0.2, 0.25) is 0 Å². The highest BCUT2D eigenvalue weighted by Gasteiger charge is 2.26. The number of hydrogen-bond acceptors (Lipinski definition) is 5. The van der Waals surface area contributed by atoms with E-state index in [9.17, 15) is 8.42 Å². The van der Waals surface area contributed by atoms with Gasteiger partial charge >= 0.3 is 0 Å². The molecule has 1 aromatic carbocycles. The summed E-state index contributed by atoms with van der Waals surface area (Å²) in [6.45, 7) is 7.70. The Labute approximate surface area is 135 Å². The number of hydrogen-bond donors (Lipinski definition) is 1. The maximum Gasteiger partial charge on any atom is 0.243 e. The van der Waals surface area contributed by atoms with Gasteiger partial charge in [0.25, 0.3) is 0 Å². The smallest absolute Gasteiger partial charge is 0.243 e. The number of sulfonamides is 1. The highest BCUT2D eigenvalue weighted by molar-refractivity contribution is 7.89. The van der Waals surface area contributed by atoms with E-state index in [1.165, 1.54) is 22.7 Å². The minimum Gasteiger partial charge on any atom is -0.395 e. The van der Waals surface area contributed by atoms with Crippen LogP contribution in [0.15, 0.2) is 23.1 Å². The first kappa shape index (κ1) is 17.3. The third kappa shape index (κ3) is 3.17. The van der Waals surface area contributed by atoms with Gasteiger partial charge in [0.15, 0.2) is 0 Å². The standard InChI is InChI=1S/C15H22N2O3S2/c1-10(9-18)17(5)22(19,20)11-6-7-12-13(8-11)21-14(16-12)15(2,3)4/h6-8,10,18H,9H2,1-5H3. The minimum absolute atomic E-state index is 0.0646. The van der Waals surface area contributed by atoms with Crippen molar-refractivity contribution in [2.75, 3.05) is 13.7 Å². The predicted molar refractivity (Wildman–Crippen MR) is 89.8 cm³/mol. The Hall–Kier alpha value is -1.02. The molecule has 0 saturated carbocycles. The molecule has 1 unspecified atom stereocenters.